The zero-order valence-electron chi connectivity index (χ0n) is 10.6. The topological polar surface area (TPSA) is 68.3 Å². The maximum Gasteiger partial charge on any atom is 0.233 e. The average molecular weight is 276 g/mol. The number of anilines is 1. The van der Waals surface area contributed by atoms with Crippen molar-refractivity contribution < 1.29 is 9.21 Å². The van der Waals surface area contributed by atoms with Crippen LogP contribution in [-0.2, 0) is 11.3 Å². The lowest BCUT2D eigenvalue weighted by atomic mass is 10.3. The van der Waals surface area contributed by atoms with Gasteiger partial charge in [0.25, 0.3) is 0 Å². The number of carbonyl (C=O) groups excluding carboxylic acids is 1. The van der Waals surface area contributed by atoms with Crippen molar-refractivity contribution in [3.8, 4) is 0 Å². The third-order valence-electron chi connectivity index (χ3n) is 2.58. The predicted molar refractivity (Wildman–Crippen MR) is 76.7 cm³/mol. The number of rotatable bonds is 5. The summed E-state index contributed by atoms with van der Waals surface area (Å²) >= 11 is 1.50. The molecule has 1 unspecified atom stereocenters. The highest BCUT2D eigenvalue weighted by atomic mass is 32.2. The van der Waals surface area contributed by atoms with Gasteiger partial charge in [-0.2, -0.15) is 0 Å². The molecule has 0 fully saturated rings. The molecule has 100 valence electrons. The smallest absolute Gasteiger partial charge is 0.233 e. The summed E-state index contributed by atoms with van der Waals surface area (Å²) in [5, 5.41) is 2.67. The van der Waals surface area contributed by atoms with Gasteiger partial charge in [-0.1, -0.05) is 0 Å². The number of amides is 1. The second kappa shape index (κ2) is 6.33. The number of nitrogen functional groups attached to an aromatic ring is 1. The Kier molecular flexibility index (Phi) is 4.52. The molecule has 0 saturated carbocycles. The molecule has 0 aliphatic carbocycles. The minimum absolute atomic E-state index is 0.0155. The van der Waals surface area contributed by atoms with E-state index in [1.807, 2.05) is 37.3 Å². The van der Waals surface area contributed by atoms with Gasteiger partial charge in [0.1, 0.15) is 5.76 Å². The van der Waals surface area contributed by atoms with Gasteiger partial charge in [-0.15, -0.1) is 11.8 Å². The van der Waals surface area contributed by atoms with Gasteiger partial charge >= 0.3 is 0 Å². The van der Waals surface area contributed by atoms with Crippen LogP contribution < -0.4 is 11.1 Å². The van der Waals surface area contributed by atoms with Crippen LogP contribution in [0.4, 0.5) is 5.69 Å². The highest BCUT2D eigenvalue weighted by Gasteiger charge is 2.14. The fourth-order valence-electron chi connectivity index (χ4n) is 1.54. The molecule has 0 radical (unpaired) electrons. The molecule has 1 aromatic carbocycles. The van der Waals surface area contributed by atoms with Crippen LogP contribution in [0.2, 0.25) is 0 Å². The lowest BCUT2D eigenvalue weighted by Crippen LogP contribution is -2.30. The first-order chi connectivity index (χ1) is 9.15. The summed E-state index contributed by atoms with van der Waals surface area (Å²) < 4.78 is 5.16. The van der Waals surface area contributed by atoms with E-state index < -0.39 is 0 Å². The van der Waals surface area contributed by atoms with Crippen LogP contribution in [0.5, 0.6) is 0 Å². The number of thioether (sulfide) groups is 1. The lowest BCUT2D eigenvalue weighted by molar-refractivity contribution is -0.120. The maximum atomic E-state index is 11.9. The Labute approximate surface area is 116 Å². The van der Waals surface area contributed by atoms with E-state index in [1.165, 1.54) is 11.8 Å². The first kappa shape index (κ1) is 13.5. The van der Waals surface area contributed by atoms with Crippen LogP contribution in [0.3, 0.4) is 0 Å². The van der Waals surface area contributed by atoms with E-state index in [0.717, 1.165) is 16.3 Å². The van der Waals surface area contributed by atoms with Gasteiger partial charge in [-0.05, 0) is 43.3 Å². The van der Waals surface area contributed by atoms with Crippen molar-refractivity contribution in [1.82, 2.24) is 5.32 Å². The van der Waals surface area contributed by atoms with Gasteiger partial charge in [0.05, 0.1) is 18.1 Å². The van der Waals surface area contributed by atoms with E-state index >= 15 is 0 Å². The number of hydrogen-bond acceptors (Lipinski definition) is 4. The van der Waals surface area contributed by atoms with Gasteiger partial charge < -0.3 is 15.5 Å². The molecule has 2 aromatic rings. The van der Waals surface area contributed by atoms with Crippen molar-refractivity contribution >= 4 is 23.4 Å². The van der Waals surface area contributed by atoms with Crippen LogP contribution in [0.15, 0.2) is 52.0 Å². The Morgan fingerprint density at radius 1 is 1.37 bits per heavy atom. The summed E-state index contributed by atoms with van der Waals surface area (Å²) in [6, 6.07) is 11.1. The quantitative estimate of drug-likeness (QED) is 0.650. The van der Waals surface area contributed by atoms with Gasteiger partial charge in [0, 0.05) is 10.6 Å². The molecule has 1 amide bonds. The van der Waals surface area contributed by atoms with Crippen LogP contribution in [0.1, 0.15) is 12.7 Å². The fraction of sp³-hybridized carbons (Fsp3) is 0.214. The zero-order valence-corrected chi connectivity index (χ0v) is 11.4. The van der Waals surface area contributed by atoms with Crippen molar-refractivity contribution in [3.05, 3.63) is 48.4 Å². The number of nitrogens with one attached hydrogen (secondary N) is 1. The molecule has 0 bridgehead atoms. The predicted octanol–water partition coefficient (Wildman–Crippen LogP) is 2.66. The molecule has 1 heterocycles. The van der Waals surface area contributed by atoms with E-state index in [1.54, 1.807) is 12.3 Å². The number of nitrogens with two attached hydrogens (primary N) is 1. The van der Waals surface area contributed by atoms with Gasteiger partial charge in [-0.3, -0.25) is 4.79 Å². The minimum Gasteiger partial charge on any atom is -0.467 e. The normalized spacial score (nSPS) is 12.1. The molecule has 2 rings (SSSR count). The Balaban J connectivity index is 1.83. The Morgan fingerprint density at radius 2 is 2.11 bits per heavy atom. The summed E-state index contributed by atoms with van der Waals surface area (Å²) in [7, 11) is 0. The maximum absolute atomic E-state index is 11.9. The Morgan fingerprint density at radius 3 is 2.74 bits per heavy atom. The summed E-state index contributed by atoms with van der Waals surface area (Å²) in [5.74, 6) is 0.733. The van der Waals surface area contributed by atoms with E-state index in [0.29, 0.717) is 6.54 Å². The second-order valence-electron chi connectivity index (χ2n) is 4.13. The summed E-state index contributed by atoms with van der Waals surface area (Å²) in [5.41, 5.74) is 6.34. The number of furan rings is 1. The van der Waals surface area contributed by atoms with Crippen LogP contribution in [0.25, 0.3) is 0 Å². The number of benzene rings is 1. The van der Waals surface area contributed by atoms with Crippen LogP contribution >= 0.6 is 11.8 Å². The number of carbonyl (C=O) groups is 1. The average Bonchev–Trinajstić information content (AvgIpc) is 2.91. The molecular formula is C14H16N2O2S. The van der Waals surface area contributed by atoms with E-state index in [4.69, 9.17) is 10.2 Å². The largest absolute Gasteiger partial charge is 0.467 e. The molecule has 1 atom stereocenters. The monoisotopic (exact) mass is 276 g/mol. The summed E-state index contributed by atoms with van der Waals surface area (Å²) in [4.78, 5) is 12.9. The third kappa shape index (κ3) is 4.06. The molecule has 0 aliphatic heterocycles. The van der Waals surface area contributed by atoms with Crippen molar-refractivity contribution in [3.63, 3.8) is 0 Å². The van der Waals surface area contributed by atoms with Gasteiger partial charge in [-0.25, -0.2) is 0 Å². The molecule has 5 heteroatoms. The van der Waals surface area contributed by atoms with Gasteiger partial charge in [0.2, 0.25) is 5.91 Å². The lowest BCUT2D eigenvalue weighted by Gasteiger charge is -2.11. The molecular weight excluding hydrogens is 260 g/mol. The molecule has 3 N–H and O–H groups in total. The third-order valence-corrected chi connectivity index (χ3v) is 3.69. The van der Waals surface area contributed by atoms with Gasteiger partial charge in [0.15, 0.2) is 0 Å². The minimum atomic E-state index is -0.168. The Bertz CT molecular complexity index is 523. The molecule has 4 nitrogen and oxygen atoms in total. The first-order valence-electron chi connectivity index (χ1n) is 5.97. The molecule has 0 aliphatic rings. The van der Waals surface area contributed by atoms with Crippen LogP contribution in [0, 0.1) is 0 Å². The molecule has 1 aromatic heterocycles. The molecule has 0 spiro atoms. The number of hydrogen-bond donors (Lipinski definition) is 2. The SMILES string of the molecule is CC(Sc1ccc(N)cc1)C(=O)NCc1ccco1. The van der Waals surface area contributed by atoms with E-state index in [2.05, 4.69) is 5.32 Å². The van der Waals surface area contributed by atoms with Crippen molar-refractivity contribution in [1.29, 1.82) is 0 Å². The van der Waals surface area contributed by atoms with Crippen molar-refractivity contribution in [2.24, 2.45) is 0 Å². The highest BCUT2D eigenvalue weighted by Crippen LogP contribution is 2.24. The van der Waals surface area contributed by atoms with Crippen LogP contribution in [-0.4, -0.2) is 11.2 Å². The molecule has 0 saturated heterocycles. The fourth-order valence-corrected chi connectivity index (χ4v) is 2.43. The van der Waals surface area contributed by atoms with E-state index in [-0.39, 0.29) is 11.2 Å². The first-order valence-corrected chi connectivity index (χ1v) is 6.85. The standard InChI is InChI=1S/C14H16N2O2S/c1-10(19-13-6-4-11(15)5-7-13)14(17)16-9-12-3-2-8-18-12/h2-8,10H,9,15H2,1H3,(H,16,17). The second-order valence-corrected chi connectivity index (χ2v) is 5.54. The summed E-state index contributed by atoms with van der Waals surface area (Å²) in [6.45, 7) is 2.29. The highest BCUT2D eigenvalue weighted by molar-refractivity contribution is 8.00. The van der Waals surface area contributed by atoms with Crippen molar-refractivity contribution in [2.75, 3.05) is 5.73 Å². The van der Waals surface area contributed by atoms with Crippen molar-refractivity contribution in [2.45, 2.75) is 23.6 Å². The van der Waals surface area contributed by atoms with E-state index in [9.17, 15) is 4.79 Å². The summed E-state index contributed by atoms with van der Waals surface area (Å²) in [6.07, 6.45) is 1.59. The zero-order chi connectivity index (χ0) is 13.7. The Hall–Kier alpha value is -1.88. The molecule has 19 heavy (non-hydrogen) atoms.